The Balaban J connectivity index is 0.00000144. The van der Waals surface area contributed by atoms with Gasteiger partial charge in [0.05, 0.1) is 20.0 Å². The summed E-state index contributed by atoms with van der Waals surface area (Å²) in [6.45, 7) is 2.48. The molecule has 4 saturated carbocycles. The third kappa shape index (κ3) is 4.05. The smallest absolute Gasteiger partial charge is 1.00 e. The third-order valence-corrected chi connectivity index (χ3v) is 6.75. The maximum Gasteiger partial charge on any atom is 2.00 e. The van der Waals surface area contributed by atoms with Crippen LogP contribution in [0.25, 0.3) is 0 Å². The van der Waals surface area contributed by atoms with E-state index >= 15 is 0 Å². The molecule has 0 aliphatic heterocycles. The van der Waals surface area contributed by atoms with Gasteiger partial charge in [-0.2, -0.15) is 12.1 Å². The second-order valence-electron chi connectivity index (χ2n) is 7.56. The van der Waals surface area contributed by atoms with Crippen molar-refractivity contribution < 1.29 is 57.7 Å². The van der Waals surface area contributed by atoms with Crippen LogP contribution in [0.15, 0.2) is 12.1 Å². The minimum atomic E-state index is 0. The standard InChI is InChI=1S/C19H25O2.BrH.ClH.Li.Mg/c1-19(16-5-4-6-17(20-2)18(16)21-3)14-8-12-7-13(10-14)11-15(19)9-12;;;;/h5-6,12-15H,7-11H2,1-3H3;2*1H;;/q-1;;;+1;+2/p-2. The number of hydrogen-bond acceptors (Lipinski definition) is 2. The van der Waals surface area contributed by atoms with Gasteiger partial charge in [-0.3, -0.25) is 0 Å². The van der Waals surface area contributed by atoms with Crippen LogP contribution in [0.2, 0.25) is 0 Å². The quantitative estimate of drug-likeness (QED) is 0.352. The number of benzene rings is 1. The molecule has 0 N–H and O–H groups in total. The molecule has 0 amide bonds. The molecule has 0 atom stereocenters. The molecule has 0 saturated heterocycles. The van der Waals surface area contributed by atoms with Crippen LogP contribution >= 0.6 is 0 Å². The van der Waals surface area contributed by atoms with Crippen LogP contribution in [0.4, 0.5) is 0 Å². The van der Waals surface area contributed by atoms with Gasteiger partial charge in [0.1, 0.15) is 0 Å². The minimum Gasteiger partial charge on any atom is -1.00 e. The number of rotatable bonds is 3. The Morgan fingerprint density at radius 3 is 1.92 bits per heavy atom. The summed E-state index contributed by atoms with van der Waals surface area (Å²) < 4.78 is 11.3. The molecule has 4 fully saturated rings. The summed E-state index contributed by atoms with van der Waals surface area (Å²) in [6, 6.07) is 7.33. The summed E-state index contributed by atoms with van der Waals surface area (Å²) in [6.07, 6.45) is 7.12. The zero-order valence-corrected chi connectivity index (χ0v) is 19.5. The molecule has 1 aromatic rings. The Labute approximate surface area is 197 Å². The van der Waals surface area contributed by atoms with Gasteiger partial charge in [0.25, 0.3) is 0 Å². The molecule has 4 aliphatic carbocycles. The average molecular weight is 432 g/mol. The first kappa shape index (κ1) is 26.0. The first-order valence-electron chi connectivity index (χ1n) is 8.29. The van der Waals surface area contributed by atoms with Gasteiger partial charge in [0, 0.05) is 5.75 Å². The summed E-state index contributed by atoms with van der Waals surface area (Å²) in [5.41, 5.74) is 1.57. The second-order valence-corrected chi connectivity index (χ2v) is 7.56. The van der Waals surface area contributed by atoms with Crippen LogP contribution in [-0.2, 0) is 5.41 Å². The van der Waals surface area contributed by atoms with E-state index in [0.717, 1.165) is 35.2 Å². The maximum atomic E-state index is 5.74. The van der Waals surface area contributed by atoms with Crippen LogP contribution in [0.5, 0.6) is 11.5 Å². The Morgan fingerprint density at radius 1 is 0.960 bits per heavy atom. The van der Waals surface area contributed by atoms with Gasteiger partial charge < -0.3 is 38.9 Å². The summed E-state index contributed by atoms with van der Waals surface area (Å²) in [7, 11) is 3.48. The van der Waals surface area contributed by atoms with Gasteiger partial charge in [-0.25, -0.2) is 0 Å². The van der Waals surface area contributed by atoms with Crippen molar-refractivity contribution in [2.45, 2.75) is 44.4 Å². The van der Waals surface area contributed by atoms with E-state index in [1.54, 1.807) is 14.2 Å². The molecule has 0 aromatic heterocycles. The molecule has 4 aliphatic rings. The molecule has 25 heavy (non-hydrogen) atoms. The van der Waals surface area contributed by atoms with Crippen molar-refractivity contribution in [2.24, 2.45) is 23.7 Å². The van der Waals surface area contributed by atoms with Crippen LogP contribution in [0.1, 0.15) is 44.6 Å². The topological polar surface area (TPSA) is 18.5 Å². The van der Waals surface area contributed by atoms with Crippen LogP contribution < -0.4 is 57.7 Å². The Morgan fingerprint density at radius 2 is 1.48 bits per heavy atom. The van der Waals surface area contributed by atoms with Crippen molar-refractivity contribution >= 4 is 23.1 Å². The summed E-state index contributed by atoms with van der Waals surface area (Å²) in [4.78, 5) is 0. The Bertz CT molecular complexity index is 544. The minimum absolute atomic E-state index is 0. The van der Waals surface area contributed by atoms with Crippen LogP contribution in [0.3, 0.4) is 0 Å². The predicted octanol–water partition coefficient (Wildman–Crippen LogP) is -5.15. The molecule has 0 spiro atoms. The third-order valence-electron chi connectivity index (χ3n) is 6.75. The van der Waals surface area contributed by atoms with Crippen molar-refractivity contribution in [3.63, 3.8) is 0 Å². The van der Waals surface area contributed by atoms with Crippen molar-refractivity contribution in [1.82, 2.24) is 0 Å². The van der Waals surface area contributed by atoms with E-state index in [2.05, 4.69) is 19.1 Å². The van der Waals surface area contributed by atoms with Crippen molar-refractivity contribution in [1.29, 1.82) is 0 Å². The van der Waals surface area contributed by atoms with Gasteiger partial charge in [0.2, 0.25) is 0 Å². The maximum absolute atomic E-state index is 5.74. The second kappa shape index (κ2) is 9.94. The molecule has 0 heterocycles. The largest absolute Gasteiger partial charge is 2.00 e. The van der Waals surface area contributed by atoms with Crippen LogP contribution in [-0.4, -0.2) is 37.3 Å². The number of halogens is 2. The van der Waals surface area contributed by atoms with Crippen molar-refractivity contribution in [3.8, 4) is 11.5 Å². The van der Waals surface area contributed by atoms with E-state index in [1.807, 2.05) is 6.07 Å². The zero-order valence-electron chi connectivity index (χ0n) is 15.8. The van der Waals surface area contributed by atoms with Crippen molar-refractivity contribution in [3.05, 3.63) is 23.8 Å². The predicted molar refractivity (Wildman–Crippen MR) is 88.5 cm³/mol. The molecule has 5 rings (SSSR count). The van der Waals surface area contributed by atoms with Gasteiger partial charge >= 0.3 is 41.9 Å². The van der Waals surface area contributed by atoms with Gasteiger partial charge in [-0.15, -0.1) is 11.6 Å². The molecule has 130 valence electrons. The number of ether oxygens (including phenoxy) is 2. The van der Waals surface area contributed by atoms with E-state index in [-0.39, 0.29) is 76.7 Å². The number of hydrogen-bond donors (Lipinski definition) is 0. The van der Waals surface area contributed by atoms with Crippen molar-refractivity contribution in [2.75, 3.05) is 14.2 Å². The fourth-order valence-electron chi connectivity index (χ4n) is 5.83. The normalized spacial score (nSPS) is 33.9. The first-order valence-corrected chi connectivity index (χ1v) is 8.29. The SMILES string of the molecule is COc1c[c-]cc(C2(C)C3CC4CC(C3)CC2C4)c1OC.[Br-].[Cl-].[Li+].[Mg+2]. The van der Waals surface area contributed by atoms with E-state index in [0.29, 0.717) is 0 Å². The molecule has 2 nitrogen and oxygen atoms in total. The van der Waals surface area contributed by atoms with Gasteiger partial charge in [-0.05, 0) is 61.2 Å². The van der Waals surface area contributed by atoms with Gasteiger partial charge in [0.15, 0.2) is 0 Å². The molecular weight excluding hydrogens is 407 g/mol. The Hall–Kier alpha value is 0.954. The van der Waals surface area contributed by atoms with E-state index in [1.165, 1.54) is 37.7 Å². The summed E-state index contributed by atoms with van der Waals surface area (Å²) in [5, 5.41) is 0. The molecule has 4 bridgehead atoms. The molecule has 1 aromatic carbocycles. The fourth-order valence-corrected chi connectivity index (χ4v) is 5.83. The number of methoxy groups -OCH3 is 2. The Kier molecular flexibility index (Phi) is 10.3. The van der Waals surface area contributed by atoms with E-state index < -0.39 is 0 Å². The van der Waals surface area contributed by atoms with E-state index in [9.17, 15) is 0 Å². The van der Waals surface area contributed by atoms with E-state index in [4.69, 9.17) is 9.47 Å². The molecule has 6 heteroatoms. The van der Waals surface area contributed by atoms with Crippen LogP contribution in [0, 0.1) is 29.7 Å². The molecule has 0 unspecified atom stereocenters. The van der Waals surface area contributed by atoms with Gasteiger partial charge in [-0.1, -0.05) is 6.92 Å². The molecular formula is C19H25BrClLiMgO2. The zero-order chi connectivity index (χ0) is 14.6. The summed E-state index contributed by atoms with van der Waals surface area (Å²) >= 11 is 0. The summed E-state index contributed by atoms with van der Waals surface area (Å²) in [5.74, 6) is 5.35. The fraction of sp³-hybridized carbons (Fsp3) is 0.684. The monoisotopic (exact) mass is 430 g/mol. The average Bonchev–Trinajstić information content (AvgIpc) is 2.50. The molecule has 0 radical (unpaired) electrons. The first-order chi connectivity index (χ1) is 10.2.